The van der Waals surface area contributed by atoms with Crippen molar-refractivity contribution in [1.29, 1.82) is 0 Å². The van der Waals surface area contributed by atoms with E-state index in [0.29, 0.717) is 39.4 Å². The molecule has 3 atom stereocenters. The van der Waals surface area contributed by atoms with Crippen LogP contribution >= 0.6 is 19.3 Å². The third kappa shape index (κ3) is 7.20. The Morgan fingerprint density at radius 1 is 1.17 bits per heavy atom. The highest BCUT2D eigenvalue weighted by molar-refractivity contribution is 7.52. The number of rotatable bonds is 13. The average molecular weight is 620 g/mol. The molecule has 0 fully saturated rings. The Bertz CT molecular complexity index is 1610. The summed E-state index contributed by atoms with van der Waals surface area (Å²) in [6.07, 6.45) is -0.394. The van der Waals surface area contributed by atoms with E-state index in [-0.39, 0.29) is 18.2 Å². The molecule has 0 unspecified atom stereocenters. The van der Waals surface area contributed by atoms with Crippen LogP contribution in [0.3, 0.4) is 0 Å². The summed E-state index contributed by atoms with van der Waals surface area (Å²) in [5.41, 5.74) is 5.87. The minimum atomic E-state index is -4.32. The van der Waals surface area contributed by atoms with Crippen LogP contribution in [0.2, 0.25) is 5.02 Å². The van der Waals surface area contributed by atoms with E-state index in [1.54, 1.807) is 32.0 Å². The van der Waals surface area contributed by atoms with Crippen LogP contribution in [0.1, 0.15) is 40.4 Å². The van der Waals surface area contributed by atoms with Crippen molar-refractivity contribution in [2.24, 2.45) is 0 Å². The second-order valence-electron chi connectivity index (χ2n) is 10.1. The number of nitrogens with one attached hydrogen (secondary N) is 1. The van der Waals surface area contributed by atoms with Gasteiger partial charge < -0.3 is 24.8 Å². The summed E-state index contributed by atoms with van der Waals surface area (Å²) in [6.45, 7) is 8.05. The van der Waals surface area contributed by atoms with Crippen molar-refractivity contribution in [3.63, 3.8) is 0 Å². The van der Waals surface area contributed by atoms with Crippen LogP contribution in [0.15, 0.2) is 48.5 Å². The van der Waals surface area contributed by atoms with Gasteiger partial charge in [0, 0.05) is 17.0 Å². The Morgan fingerprint density at radius 2 is 1.86 bits per heavy atom. The van der Waals surface area contributed by atoms with Gasteiger partial charge in [0.1, 0.15) is 36.3 Å². The lowest BCUT2D eigenvalue weighted by Gasteiger charge is -2.30. The number of hydrogen-bond acceptors (Lipinski definition) is 10. The van der Waals surface area contributed by atoms with Crippen LogP contribution < -0.4 is 15.3 Å². The van der Waals surface area contributed by atoms with Crippen LogP contribution in [-0.2, 0) is 35.7 Å². The molecule has 0 saturated heterocycles. The molecule has 0 aliphatic carbocycles. The maximum atomic E-state index is 14.1. The highest BCUT2D eigenvalue weighted by atomic mass is 35.5. The van der Waals surface area contributed by atoms with Gasteiger partial charge >= 0.3 is 13.7 Å². The molecule has 226 valence electrons. The van der Waals surface area contributed by atoms with E-state index in [0.717, 1.165) is 0 Å². The van der Waals surface area contributed by atoms with Crippen molar-refractivity contribution in [2.75, 3.05) is 18.9 Å². The largest absolute Gasteiger partial charge is 0.462 e. The maximum absolute atomic E-state index is 14.1. The Kier molecular flexibility index (Phi) is 9.77. The van der Waals surface area contributed by atoms with E-state index in [1.165, 1.54) is 30.5 Å². The number of anilines is 1. The summed E-state index contributed by atoms with van der Waals surface area (Å²) in [5.74, 6) is 0.0250. The zero-order valence-corrected chi connectivity index (χ0v) is 25.7. The van der Waals surface area contributed by atoms with E-state index in [1.807, 2.05) is 25.1 Å². The van der Waals surface area contributed by atoms with Crippen LogP contribution in [0, 0.1) is 0 Å². The molecule has 4 aromatic rings. The van der Waals surface area contributed by atoms with Crippen molar-refractivity contribution in [3.05, 3.63) is 59.4 Å². The van der Waals surface area contributed by atoms with Gasteiger partial charge in [-0.3, -0.25) is 13.9 Å². The van der Waals surface area contributed by atoms with Gasteiger partial charge in [0.15, 0.2) is 11.5 Å². The second kappa shape index (κ2) is 12.9. The molecular weight excluding hydrogens is 585 g/mol. The molecule has 0 aliphatic rings. The van der Waals surface area contributed by atoms with Gasteiger partial charge in [-0.25, -0.2) is 14.5 Å². The fraction of sp³-hybridized carbons (Fsp3) is 0.393. The fourth-order valence-corrected chi connectivity index (χ4v) is 5.98. The number of nitrogens with zero attached hydrogens (tertiary/aromatic N) is 3. The quantitative estimate of drug-likeness (QED) is 0.134. The smallest absolute Gasteiger partial charge is 0.459 e. The molecule has 0 amide bonds. The molecule has 0 spiro atoms. The third-order valence-electron chi connectivity index (χ3n) is 6.11. The van der Waals surface area contributed by atoms with E-state index in [9.17, 15) is 14.5 Å². The first-order chi connectivity index (χ1) is 19.8. The Labute approximate surface area is 248 Å². The molecule has 2 aromatic carbocycles. The minimum Gasteiger partial charge on any atom is -0.462 e. The van der Waals surface area contributed by atoms with E-state index in [4.69, 9.17) is 35.9 Å². The first-order valence-corrected chi connectivity index (χ1v) is 15.3. The molecule has 0 aliphatic heterocycles. The summed E-state index contributed by atoms with van der Waals surface area (Å²) >= 11 is 5.99. The monoisotopic (exact) mass is 619 g/mol. The lowest BCUT2D eigenvalue weighted by molar-refractivity contribution is -0.149. The van der Waals surface area contributed by atoms with Gasteiger partial charge in [-0.2, -0.15) is 5.09 Å². The molecule has 12 nitrogen and oxygen atoms in total. The highest BCUT2D eigenvalue weighted by Crippen LogP contribution is 2.46. The zero-order chi connectivity index (χ0) is 30.7. The van der Waals surface area contributed by atoms with Gasteiger partial charge in [0.25, 0.3) is 0 Å². The highest BCUT2D eigenvalue weighted by Gasteiger charge is 2.38. The molecule has 0 bridgehead atoms. The summed E-state index contributed by atoms with van der Waals surface area (Å²) in [7, 11) is -4.32. The third-order valence-corrected chi connectivity index (χ3v) is 7.99. The lowest BCUT2D eigenvalue weighted by Crippen LogP contribution is -2.40. The molecule has 0 saturated carbocycles. The number of pyridine rings is 1. The van der Waals surface area contributed by atoms with E-state index in [2.05, 4.69) is 15.1 Å². The number of nitrogens with two attached hydrogens (primary N) is 1. The number of carbonyl (C=O) groups is 1. The molecular formula is C28H35ClN5O7P. The van der Waals surface area contributed by atoms with Crippen LogP contribution in [0.4, 0.5) is 5.82 Å². The van der Waals surface area contributed by atoms with E-state index < -0.39 is 38.2 Å². The first kappa shape index (κ1) is 31.7. The average Bonchev–Trinajstić information content (AvgIpc) is 3.33. The Balaban J connectivity index is 1.74. The van der Waals surface area contributed by atoms with Gasteiger partial charge in [0.2, 0.25) is 0 Å². The number of aliphatic hydroxyl groups is 1. The topological polar surface area (TPSA) is 160 Å². The second-order valence-corrected chi connectivity index (χ2v) is 12.2. The molecule has 2 heterocycles. The van der Waals surface area contributed by atoms with Crippen LogP contribution in [0.25, 0.3) is 21.9 Å². The lowest BCUT2D eigenvalue weighted by atomic mass is 10.1. The number of ether oxygens (including phenoxy) is 2. The molecule has 4 rings (SSSR count). The number of esters is 1. The fourth-order valence-electron chi connectivity index (χ4n) is 4.28. The number of halogens is 1. The molecule has 42 heavy (non-hydrogen) atoms. The van der Waals surface area contributed by atoms with Crippen LogP contribution in [0.5, 0.6) is 5.75 Å². The number of carbonyl (C=O) groups excluding carboxylic acids is 1. The number of benzene rings is 2. The molecule has 0 radical (unpaired) electrons. The summed E-state index contributed by atoms with van der Waals surface area (Å²) in [6, 6.07) is 12.3. The van der Waals surface area contributed by atoms with E-state index >= 15 is 0 Å². The van der Waals surface area contributed by atoms with Crippen molar-refractivity contribution >= 4 is 53.1 Å². The summed E-state index contributed by atoms with van der Waals surface area (Å²) in [5, 5.41) is 15.6. The number of aromatic nitrogens is 3. The van der Waals surface area contributed by atoms with Crippen molar-refractivity contribution < 1.29 is 33.0 Å². The van der Waals surface area contributed by atoms with Crippen LogP contribution in [-0.4, -0.2) is 51.0 Å². The predicted octanol–water partition coefficient (Wildman–Crippen LogP) is 5.16. The molecule has 4 N–H and O–H groups in total. The van der Waals surface area contributed by atoms with Gasteiger partial charge in [-0.1, -0.05) is 29.8 Å². The summed E-state index contributed by atoms with van der Waals surface area (Å²) < 4.78 is 38.0. The predicted molar refractivity (Wildman–Crippen MR) is 160 cm³/mol. The van der Waals surface area contributed by atoms with Gasteiger partial charge in [-0.15, -0.1) is 0 Å². The molecule has 2 aromatic heterocycles. The van der Waals surface area contributed by atoms with Crippen molar-refractivity contribution in [3.8, 4) is 5.75 Å². The first-order valence-electron chi connectivity index (χ1n) is 13.4. The standard InChI is InChI=1S/C28H35ClN5O7P/c1-6-38-15-23-32-24-25(21-9-7-8-10-22(21)31-26(24)30)34(23)28(5,36)16-39-42(37,33-18(4)27(35)40-17(2)3)41-20-13-11-19(29)12-14-20/h7-14,17-18,36H,6,15-16H2,1-5H3,(H2,30,31)(H,33,37)/t18-,28-,42-/m0/s1. The summed E-state index contributed by atoms with van der Waals surface area (Å²) in [4.78, 5) is 21.6. The SMILES string of the molecule is CCOCc1nc2c(N)nc3ccccc3c2n1[C@@](C)(O)CO[P@@](=O)(N[C@@H](C)C(=O)OC(C)C)Oc1ccc(Cl)cc1. The number of hydrogen-bond donors (Lipinski definition) is 3. The Morgan fingerprint density at radius 3 is 2.52 bits per heavy atom. The normalized spacial score (nSPS) is 15.4. The van der Waals surface area contributed by atoms with Crippen molar-refractivity contribution in [1.82, 2.24) is 19.6 Å². The number of para-hydroxylation sites is 1. The maximum Gasteiger partial charge on any atom is 0.459 e. The number of nitrogen functional groups attached to an aromatic ring is 1. The molecule has 14 heteroatoms. The van der Waals surface area contributed by atoms with Gasteiger partial charge in [0.05, 0.1) is 17.1 Å². The zero-order valence-electron chi connectivity index (χ0n) is 24.0. The number of imidazole rings is 1. The Hall–Kier alpha value is -3.25. The van der Waals surface area contributed by atoms with Gasteiger partial charge in [-0.05, 0) is 65.0 Å². The van der Waals surface area contributed by atoms with Crippen molar-refractivity contribution in [2.45, 2.75) is 59.1 Å². The minimum absolute atomic E-state index is 0.0460. The number of fused-ring (bicyclic) bond motifs is 3.